The maximum Gasteiger partial charge on any atom is 0.275 e. The fourth-order valence-corrected chi connectivity index (χ4v) is 4.54. The fourth-order valence-electron chi connectivity index (χ4n) is 3.24. The van der Waals surface area contributed by atoms with E-state index < -0.39 is 0 Å². The Bertz CT molecular complexity index is 1080. The van der Waals surface area contributed by atoms with Crippen LogP contribution in [0.25, 0.3) is 10.8 Å². The van der Waals surface area contributed by atoms with Gasteiger partial charge in [-0.3, -0.25) is 9.59 Å². The minimum absolute atomic E-state index is 0.133. The molecule has 2 heterocycles. The number of hydrogen-bond acceptors (Lipinski definition) is 5. The number of thioether (sulfide) groups is 1. The number of nitrogens with zero attached hydrogens (tertiary/aromatic N) is 3. The normalized spacial score (nSPS) is 14.2. The van der Waals surface area contributed by atoms with Crippen molar-refractivity contribution in [2.75, 3.05) is 34.8 Å². The first-order valence-electron chi connectivity index (χ1n) is 9.00. The second-order valence-corrected chi connectivity index (χ2v) is 8.63. The summed E-state index contributed by atoms with van der Waals surface area (Å²) in [5, 5.41) is 8.81. The summed E-state index contributed by atoms with van der Waals surface area (Å²) in [5.74, 6) is 2.53. The Balaban J connectivity index is 1.67. The van der Waals surface area contributed by atoms with Gasteiger partial charge >= 0.3 is 0 Å². The van der Waals surface area contributed by atoms with Gasteiger partial charge in [0.25, 0.3) is 5.56 Å². The minimum atomic E-state index is -0.289. The third-order valence-electron chi connectivity index (χ3n) is 4.56. The minimum Gasteiger partial charge on any atom is -0.353 e. The molecule has 28 heavy (non-hydrogen) atoms. The van der Waals surface area contributed by atoms with Gasteiger partial charge in [-0.25, -0.2) is 4.68 Å². The van der Waals surface area contributed by atoms with Crippen LogP contribution in [0.2, 0.25) is 0 Å². The first-order valence-corrected chi connectivity index (χ1v) is 10.9. The Labute approximate surface area is 175 Å². The number of fused-ring (bicyclic) bond motifs is 1. The van der Waals surface area contributed by atoms with Crippen LogP contribution in [0.4, 0.5) is 11.5 Å². The standard InChI is InChI=1S/C20H19BrN4O2S/c21-14-4-3-5-15(12-14)22-18(26)13-25-20(27)17-7-2-1-6-16(17)19(23-25)24-8-10-28-11-9-24/h1-7,12H,8-11,13H2,(H,22,26). The molecule has 1 aliphatic rings. The van der Waals surface area contributed by atoms with Gasteiger partial charge in [0.05, 0.1) is 5.39 Å². The summed E-state index contributed by atoms with van der Waals surface area (Å²) in [5.41, 5.74) is 0.414. The average molecular weight is 459 g/mol. The van der Waals surface area contributed by atoms with Crippen molar-refractivity contribution in [3.05, 3.63) is 63.4 Å². The third-order valence-corrected chi connectivity index (χ3v) is 6.00. The van der Waals surface area contributed by atoms with E-state index in [4.69, 9.17) is 0 Å². The molecule has 1 aliphatic heterocycles. The molecule has 1 N–H and O–H groups in total. The van der Waals surface area contributed by atoms with Crippen LogP contribution in [0.15, 0.2) is 57.8 Å². The number of halogens is 1. The number of anilines is 2. The van der Waals surface area contributed by atoms with Crippen molar-refractivity contribution in [2.45, 2.75) is 6.54 Å². The van der Waals surface area contributed by atoms with Crippen LogP contribution in [0.3, 0.4) is 0 Å². The Morgan fingerprint density at radius 3 is 2.61 bits per heavy atom. The Kier molecular flexibility index (Phi) is 5.68. The van der Waals surface area contributed by atoms with Gasteiger partial charge in [-0.2, -0.15) is 16.9 Å². The molecule has 2 aromatic carbocycles. The van der Waals surface area contributed by atoms with Gasteiger partial charge in [-0.15, -0.1) is 0 Å². The lowest BCUT2D eigenvalue weighted by atomic mass is 10.1. The number of benzene rings is 2. The Morgan fingerprint density at radius 2 is 1.86 bits per heavy atom. The summed E-state index contributed by atoms with van der Waals surface area (Å²) in [6.07, 6.45) is 0. The molecule has 1 fully saturated rings. The van der Waals surface area contributed by atoms with Crippen LogP contribution >= 0.6 is 27.7 Å². The van der Waals surface area contributed by atoms with E-state index in [0.29, 0.717) is 11.1 Å². The van der Waals surface area contributed by atoms with E-state index in [2.05, 4.69) is 31.2 Å². The molecule has 6 nitrogen and oxygen atoms in total. The number of hydrogen-bond donors (Lipinski definition) is 1. The molecule has 0 unspecified atom stereocenters. The molecule has 1 saturated heterocycles. The number of amides is 1. The summed E-state index contributed by atoms with van der Waals surface area (Å²) < 4.78 is 2.14. The Morgan fingerprint density at radius 1 is 1.11 bits per heavy atom. The molecular weight excluding hydrogens is 440 g/mol. The van der Waals surface area contributed by atoms with Crippen molar-refractivity contribution in [3.63, 3.8) is 0 Å². The van der Waals surface area contributed by atoms with E-state index in [-0.39, 0.29) is 18.0 Å². The maximum atomic E-state index is 12.9. The van der Waals surface area contributed by atoms with Crippen molar-refractivity contribution >= 4 is 55.9 Å². The molecule has 0 atom stereocenters. The third kappa shape index (κ3) is 4.07. The number of rotatable bonds is 4. The van der Waals surface area contributed by atoms with Crippen molar-refractivity contribution in [1.29, 1.82) is 0 Å². The van der Waals surface area contributed by atoms with Crippen LogP contribution in [-0.4, -0.2) is 40.3 Å². The van der Waals surface area contributed by atoms with Gasteiger partial charge in [-0.1, -0.05) is 40.2 Å². The smallest absolute Gasteiger partial charge is 0.275 e. The van der Waals surface area contributed by atoms with E-state index >= 15 is 0 Å². The molecule has 0 aliphatic carbocycles. The quantitative estimate of drug-likeness (QED) is 0.649. The second kappa shape index (κ2) is 8.36. The van der Waals surface area contributed by atoms with Gasteiger partial charge in [0.2, 0.25) is 5.91 Å². The van der Waals surface area contributed by atoms with Gasteiger partial charge < -0.3 is 10.2 Å². The van der Waals surface area contributed by atoms with Crippen molar-refractivity contribution in [1.82, 2.24) is 9.78 Å². The number of carbonyl (C=O) groups excluding carboxylic acids is 1. The van der Waals surface area contributed by atoms with Crippen LogP contribution in [0.1, 0.15) is 0 Å². The lowest BCUT2D eigenvalue weighted by Gasteiger charge is -2.28. The first kappa shape index (κ1) is 19.0. The molecular formula is C20H19BrN4O2S. The molecule has 8 heteroatoms. The molecule has 0 spiro atoms. The summed E-state index contributed by atoms with van der Waals surface area (Å²) in [6, 6.07) is 14.8. The highest BCUT2D eigenvalue weighted by molar-refractivity contribution is 9.10. The predicted molar refractivity (Wildman–Crippen MR) is 118 cm³/mol. The van der Waals surface area contributed by atoms with Crippen molar-refractivity contribution < 1.29 is 4.79 Å². The van der Waals surface area contributed by atoms with E-state index in [9.17, 15) is 9.59 Å². The van der Waals surface area contributed by atoms with E-state index in [1.54, 1.807) is 12.1 Å². The zero-order chi connectivity index (χ0) is 19.5. The van der Waals surface area contributed by atoms with Crippen LogP contribution in [0.5, 0.6) is 0 Å². The molecule has 144 valence electrons. The molecule has 3 aromatic rings. The van der Waals surface area contributed by atoms with Crippen LogP contribution in [0, 0.1) is 0 Å². The highest BCUT2D eigenvalue weighted by Gasteiger charge is 2.19. The topological polar surface area (TPSA) is 67.2 Å². The van der Waals surface area contributed by atoms with Gasteiger partial charge in [0.1, 0.15) is 6.54 Å². The predicted octanol–water partition coefficient (Wildman–Crippen LogP) is 3.35. The monoisotopic (exact) mass is 458 g/mol. The SMILES string of the molecule is O=C(Cn1nc(N2CCSCC2)c2ccccc2c1=O)Nc1cccc(Br)c1. The lowest BCUT2D eigenvalue weighted by Crippen LogP contribution is -2.37. The summed E-state index contributed by atoms with van der Waals surface area (Å²) >= 11 is 5.30. The lowest BCUT2D eigenvalue weighted by molar-refractivity contribution is -0.117. The zero-order valence-corrected chi connectivity index (χ0v) is 17.5. The summed E-state index contributed by atoms with van der Waals surface area (Å²) in [4.78, 5) is 27.6. The molecule has 0 saturated carbocycles. The van der Waals surface area contributed by atoms with E-state index in [1.807, 2.05) is 48.2 Å². The fraction of sp³-hybridized carbons (Fsp3) is 0.250. The van der Waals surface area contributed by atoms with E-state index in [0.717, 1.165) is 40.3 Å². The maximum absolute atomic E-state index is 12.9. The molecule has 1 amide bonds. The van der Waals surface area contributed by atoms with Gasteiger partial charge in [0.15, 0.2) is 5.82 Å². The van der Waals surface area contributed by atoms with E-state index in [1.165, 1.54) is 4.68 Å². The largest absolute Gasteiger partial charge is 0.353 e. The van der Waals surface area contributed by atoms with Gasteiger partial charge in [0, 0.05) is 40.1 Å². The van der Waals surface area contributed by atoms with Crippen molar-refractivity contribution in [2.24, 2.45) is 0 Å². The van der Waals surface area contributed by atoms with Crippen molar-refractivity contribution in [3.8, 4) is 0 Å². The first-order chi connectivity index (χ1) is 13.6. The molecule has 1 aromatic heterocycles. The highest BCUT2D eigenvalue weighted by atomic mass is 79.9. The highest BCUT2D eigenvalue weighted by Crippen LogP contribution is 2.24. The summed E-state index contributed by atoms with van der Waals surface area (Å²) in [6.45, 7) is 1.62. The average Bonchev–Trinajstić information content (AvgIpc) is 2.71. The van der Waals surface area contributed by atoms with Crippen LogP contribution < -0.4 is 15.8 Å². The molecule has 0 radical (unpaired) electrons. The Hall–Kier alpha value is -2.32. The van der Waals surface area contributed by atoms with Gasteiger partial charge in [-0.05, 0) is 24.3 Å². The summed E-state index contributed by atoms with van der Waals surface area (Å²) in [7, 11) is 0. The molecule has 0 bridgehead atoms. The zero-order valence-electron chi connectivity index (χ0n) is 15.1. The second-order valence-electron chi connectivity index (χ2n) is 6.49. The van der Waals surface area contributed by atoms with Crippen LogP contribution in [-0.2, 0) is 11.3 Å². The number of aromatic nitrogens is 2. The number of nitrogens with one attached hydrogen (secondary N) is 1. The molecule has 4 rings (SSSR count). The number of carbonyl (C=O) groups is 1.